The minimum absolute atomic E-state index is 0.192. The van der Waals surface area contributed by atoms with Crippen molar-refractivity contribution in [3.05, 3.63) is 76.7 Å². The second kappa shape index (κ2) is 5.38. The minimum Gasteiger partial charge on any atom is -0.458 e. The molecule has 0 fully saturated rings. The molecule has 0 radical (unpaired) electrons. The van der Waals surface area contributed by atoms with Crippen LogP contribution in [0.1, 0.15) is 17.4 Å². The molecule has 0 aliphatic heterocycles. The minimum atomic E-state index is -0.192. The maximum absolute atomic E-state index is 6.03. The maximum Gasteiger partial charge on any atom is 0.139 e. The van der Waals surface area contributed by atoms with Crippen molar-refractivity contribution in [3.8, 4) is 0 Å². The molecule has 0 spiro atoms. The van der Waals surface area contributed by atoms with Crippen molar-refractivity contribution in [2.75, 3.05) is 0 Å². The van der Waals surface area contributed by atoms with Gasteiger partial charge in [-0.05, 0) is 40.3 Å². The van der Waals surface area contributed by atoms with Crippen LogP contribution in [0.4, 0.5) is 0 Å². The Morgan fingerprint density at radius 1 is 1.05 bits per heavy atom. The Hall–Kier alpha value is -2.47. The molecule has 0 N–H and O–H groups in total. The summed E-state index contributed by atoms with van der Waals surface area (Å²) >= 11 is 3.48. The van der Waals surface area contributed by atoms with Crippen LogP contribution in [-0.4, -0.2) is 20.2 Å². The van der Waals surface area contributed by atoms with E-state index in [2.05, 4.69) is 31.5 Å². The molecule has 6 heteroatoms. The standard InChI is InChI=1S/C16H11BrN4O/c17-13-6-7-14-12(8-13)9-15(22-14)16(21-10-18-19-20-21)11-4-2-1-3-5-11/h1-10,16H/t16-/m0/s1. The highest BCUT2D eigenvalue weighted by molar-refractivity contribution is 9.10. The molecule has 108 valence electrons. The lowest BCUT2D eigenvalue weighted by Crippen LogP contribution is -2.12. The fourth-order valence-electron chi connectivity index (χ4n) is 2.54. The van der Waals surface area contributed by atoms with Gasteiger partial charge in [-0.25, -0.2) is 4.68 Å². The third kappa shape index (κ3) is 2.31. The quantitative estimate of drug-likeness (QED) is 0.561. The van der Waals surface area contributed by atoms with E-state index in [1.165, 1.54) is 0 Å². The van der Waals surface area contributed by atoms with Crippen molar-refractivity contribution in [3.63, 3.8) is 0 Å². The van der Waals surface area contributed by atoms with Crippen LogP contribution < -0.4 is 0 Å². The van der Waals surface area contributed by atoms with Gasteiger partial charge in [0.1, 0.15) is 23.7 Å². The molecule has 0 saturated heterocycles. The van der Waals surface area contributed by atoms with Crippen LogP contribution >= 0.6 is 15.9 Å². The maximum atomic E-state index is 6.03. The third-order valence-corrected chi connectivity index (χ3v) is 4.00. The molecule has 1 atom stereocenters. The van der Waals surface area contributed by atoms with Crippen molar-refractivity contribution in [2.24, 2.45) is 0 Å². The molecule has 2 heterocycles. The smallest absolute Gasteiger partial charge is 0.139 e. The SMILES string of the molecule is Brc1ccc2oc([C@H](c3ccccc3)n3cnnn3)cc2c1. The van der Waals surface area contributed by atoms with Crippen LogP contribution in [0, 0.1) is 0 Å². The summed E-state index contributed by atoms with van der Waals surface area (Å²) < 4.78 is 8.74. The fourth-order valence-corrected chi connectivity index (χ4v) is 2.92. The van der Waals surface area contributed by atoms with Crippen LogP contribution in [-0.2, 0) is 0 Å². The van der Waals surface area contributed by atoms with Gasteiger partial charge in [0, 0.05) is 9.86 Å². The average molecular weight is 355 g/mol. The van der Waals surface area contributed by atoms with E-state index in [1.54, 1.807) is 11.0 Å². The summed E-state index contributed by atoms with van der Waals surface area (Å²) in [5, 5.41) is 12.6. The van der Waals surface area contributed by atoms with Gasteiger partial charge in [0.25, 0.3) is 0 Å². The van der Waals surface area contributed by atoms with Crippen molar-refractivity contribution in [1.29, 1.82) is 0 Å². The molecular formula is C16H11BrN4O. The lowest BCUT2D eigenvalue weighted by atomic mass is 10.0. The summed E-state index contributed by atoms with van der Waals surface area (Å²) in [6.45, 7) is 0. The number of halogens is 1. The van der Waals surface area contributed by atoms with E-state index in [4.69, 9.17) is 4.42 Å². The van der Waals surface area contributed by atoms with Crippen molar-refractivity contribution in [1.82, 2.24) is 20.2 Å². The van der Waals surface area contributed by atoms with Crippen molar-refractivity contribution >= 4 is 26.9 Å². The monoisotopic (exact) mass is 354 g/mol. The molecule has 0 amide bonds. The van der Waals surface area contributed by atoms with Gasteiger partial charge in [-0.15, -0.1) is 5.10 Å². The topological polar surface area (TPSA) is 56.7 Å². The molecule has 0 bridgehead atoms. The van der Waals surface area contributed by atoms with E-state index in [0.29, 0.717) is 0 Å². The Labute approximate surface area is 134 Å². The largest absolute Gasteiger partial charge is 0.458 e. The van der Waals surface area contributed by atoms with E-state index in [-0.39, 0.29) is 6.04 Å². The third-order valence-electron chi connectivity index (χ3n) is 3.51. The number of benzene rings is 2. The van der Waals surface area contributed by atoms with Crippen LogP contribution in [0.25, 0.3) is 11.0 Å². The highest BCUT2D eigenvalue weighted by atomic mass is 79.9. The second-order valence-corrected chi connectivity index (χ2v) is 5.85. The van der Waals surface area contributed by atoms with Gasteiger partial charge in [-0.1, -0.05) is 46.3 Å². The Morgan fingerprint density at radius 3 is 2.68 bits per heavy atom. The summed E-state index contributed by atoms with van der Waals surface area (Å²) in [6, 6.07) is 17.8. The number of tetrazole rings is 1. The lowest BCUT2D eigenvalue weighted by molar-refractivity contribution is 0.456. The summed E-state index contributed by atoms with van der Waals surface area (Å²) in [6.07, 6.45) is 1.60. The van der Waals surface area contributed by atoms with E-state index in [9.17, 15) is 0 Å². The number of rotatable bonds is 3. The first-order chi connectivity index (χ1) is 10.8. The first-order valence-electron chi connectivity index (χ1n) is 6.78. The van der Waals surface area contributed by atoms with Crippen LogP contribution in [0.3, 0.4) is 0 Å². The van der Waals surface area contributed by atoms with Gasteiger partial charge < -0.3 is 4.42 Å². The van der Waals surface area contributed by atoms with Gasteiger partial charge in [-0.3, -0.25) is 0 Å². The molecule has 2 aromatic carbocycles. The summed E-state index contributed by atoms with van der Waals surface area (Å²) in [5.74, 6) is 0.798. The molecular weight excluding hydrogens is 344 g/mol. The molecule has 22 heavy (non-hydrogen) atoms. The highest BCUT2D eigenvalue weighted by Gasteiger charge is 2.21. The zero-order chi connectivity index (χ0) is 14.9. The Morgan fingerprint density at radius 2 is 1.91 bits per heavy atom. The first kappa shape index (κ1) is 13.2. The van der Waals surface area contributed by atoms with E-state index < -0.39 is 0 Å². The van der Waals surface area contributed by atoms with Crippen LogP contribution in [0.5, 0.6) is 0 Å². The molecule has 5 nitrogen and oxygen atoms in total. The highest BCUT2D eigenvalue weighted by Crippen LogP contribution is 2.31. The second-order valence-electron chi connectivity index (χ2n) is 4.93. The van der Waals surface area contributed by atoms with Gasteiger partial charge in [0.15, 0.2) is 0 Å². The van der Waals surface area contributed by atoms with Crippen molar-refractivity contribution < 1.29 is 4.42 Å². The Kier molecular flexibility index (Phi) is 3.23. The fraction of sp³-hybridized carbons (Fsp3) is 0.0625. The molecule has 0 aliphatic carbocycles. The lowest BCUT2D eigenvalue weighted by Gasteiger charge is -2.13. The van der Waals surface area contributed by atoms with E-state index in [0.717, 1.165) is 26.8 Å². The number of fused-ring (bicyclic) bond motifs is 1. The average Bonchev–Trinajstić information content (AvgIpc) is 3.18. The summed E-state index contributed by atoms with van der Waals surface area (Å²) in [5.41, 5.74) is 1.90. The van der Waals surface area contributed by atoms with Crippen LogP contribution in [0.15, 0.2) is 69.8 Å². The normalized spacial score (nSPS) is 12.6. The predicted molar refractivity (Wildman–Crippen MR) is 85.4 cm³/mol. The zero-order valence-corrected chi connectivity index (χ0v) is 13.0. The van der Waals surface area contributed by atoms with Gasteiger partial charge >= 0.3 is 0 Å². The number of hydrogen-bond acceptors (Lipinski definition) is 4. The Bertz CT molecular complexity index is 902. The Balaban J connectivity index is 1.89. The molecule has 0 unspecified atom stereocenters. The van der Waals surface area contributed by atoms with Gasteiger partial charge in [0.05, 0.1) is 0 Å². The molecule has 2 aromatic heterocycles. The molecule has 4 rings (SSSR count). The van der Waals surface area contributed by atoms with E-state index in [1.807, 2.05) is 54.6 Å². The molecule has 0 aliphatic rings. The summed E-state index contributed by atoms with van der Waals surface area (Å²) in [4.78, 5) is 0. The number of furan rings is 1. The number of nitrogens with zero attached hydrogens (tertiary/aromatic N) is 4. The number of aromatic nitrogens is 4. The van der Waals surface area contributed by atoms with Crippen molar-refractivity contribution in [2.45, 2.75) is 6.04 Å². The molecule has 4 aromatic rings. The first-order valence-corrected chi connectivity index (χ1v) is 7.57. The number of hydrogen-bond donors (Lipinski definition) is 0. The predicted octanol–water partition coefficient (Wildman–Crippen LogP) is 3.82. The van der Waals surface area contributed by atoms with Crippen LogP contribution in [0.2, 0.25) is 0 Å². The van der Waals surface area contributed by atoms with Gasteiger partial charge in [-0.2, -0.15) is 0 Å². The van der Waals surface area contributed by atoms with E-state index >= 15 is 0 Å². The summed E-state index contributed by atoms with van der Waals surface area (Å²) in [7, 11) is 0. The van der Waals surface area contributed by atoms with Gasteiger partial charge in [0.2, 0.25) is 0 Å². The molecule has 0 saturated carbocycles. The zero-order valence-electron chi connectivity index (χ0n) is 11.4.